The first-order valence-electron chi connectivity index (χ1n) is 12.1. The van der Waals surface area contributed by atoms with Crippen LogP contribution < -0.4 is 5.32 Å². The van der Waals surface area contributed by atoms with Crippen molar-refractivity contribution in [3.63, 3.8) is 0 Å². The molecule has 3 aromatic carbocycles. The molecule has 2 saturated heterocycles. The molecule has 3 heterocycles. The molecule has 1 aromatic heterocycles. The maximum Gasteiger partial charge on any atom is 0.264 e. The molecule has 0 saturated carbocycles. The number of amides is 2. The molecule has 0 radical (unpaired) electrons. The average molecular weight is 482 g/mol. The first-order chi connectivity index (χ1) is 17.1. The molecule has 1 unspecified atom stereocenters. The van der Waals surface area contributed by atoms with Gasteiger partial charge in [-0.2, -0.15) is 0 Å². The minimum absolute atomic E-state index is 0.0793. The zero-order valence-electron chi connectivity index (χ0n) is 19.4. The Labute approximate surface area is 209 Å². The lowest BCUT2D eigenvalue weighted by Crippen LogP contribution is -2.62. The zero-order valence-corrected chi connectivity index (χ0v) is 20.2. The standard InChI is InChI=1S/C29H27N3O2S/c33-28(22-12-10-21(11-13-22)20-6-2-1-3-7-20)32-18-25(19-32)30-24-14-15-31(17-24)29(34)27-16-23-8-4-5-9-26(23)35-27/h1-13,16,24-25,30H,14-15,17-19H2. The summed E-state index contributed by atoms with van der Waals surface area (Å²) in [5.74, 6) is 0.204. The highest BCUT2D eigenvalue weighted by Gasteiger charge is 2.35. The quantitative estimate of drug-likeness (QED) is 0.441. The molecule has 0 aliphatic carbocycles. The van der Waals surface area contributed by atoms with E-state index in [0.29, 0.717) is 13.1 Å². The van der Waals surface area contributed by atoms with Gasteiger partial charge in [-0.05, 0) is 47.2 Å². The van der Waals surface area contributed by atoms with Gasteiger partial charge in [0.05, 0.1) is 4.88 Å². The minimum atomic E-state index is 0.0793. The summed E-state index contributed by atoms with van der Waals surface area (Å²) in [5.41, 5.74) is 2.99. The molecule has 0 bridgehead atoms. The van der Waals surface area contributed by atoms with E-state index >= 15 is 0 Å². The normalized spacial score (nSPS) is 18.1. The summed E-state index contributed by atoms with van der Waals surface area (Å²) < 4.78 is 1.15. The second-order valence-corrected chi connectivity index (χ2v) is 10.5. The predicted octanol–water partition coefficient (Wildman–Crippen LogP) is 4.90. The van der Waals surface area contributed by atoms with Gasteiger partial charge in [-0.3, -0.25) is 9.59 Å². The molecule has 35 heavy (non-hydrogen) atoms. The van der Waals surface area contributed by atoms with Gasteiger partial charge in [0, 0.05) is 48.5 Å². The molecular weight excluding hydrogens is 454 g/mol. The Morgan fingerprint density at radius 1 is 0.743 bits per heavy atom. The van der Waals surface area contributed by atoms with E-state index in [0.717, 1.165) is 51.2 Å². The van der Waals surface area contributed by atoms with Crippen LogP contribution in [0, 0.1) is 0 Å². The lowest BCUT2D eigenvalue weighted by atomic mass is 10.0. The highest BCUT2D eigenvalue weighted by Crippen LogP contribution is 2.28. The third-order valence-electron chi connectivity index (χ3n) is 6.99. The van der Waals surface area contributed by atoms with Crippen molar-refractivity contribution in [1.82, 2.24) is 15.1 Å². The van der Waals surface area contributed by atoms with Crippen LogP contribution >= 0.6 is 11.3 Å². The Kier molecular flexibility index (Phi) is 5.84. The van der Waals surface area contributed by atoms with Gasteiger partial charge in [0.2, 0.25) is 0 Å². The number of likely N-dealkylation sites (tertiary alicyclic amines) is 2. The Balaban J connectivity index is 0.997. The third-order valence-corrected chi connectivity index (χ3v) is 8.09. The number of thiophene rings is 1. The molecule has 2 amide bonds. The summed E-state index contributed by atoms with van der Waals surface area (Å²) in [4.78, 5) is 30.5. The van der Waals surface area contributed by atoms with E-state index in [2.05, 4.69) is 29.6 Å². The fourth-order valence-electron chi connectivity index (χ4n) is 5.03. The fourth-order valence-corrected chi connectivity index (χ4v) is 6.06. The van der Waals surface area contributed by atoms with E-state index in [-0.39, 0.29) is 23.9 Å². The summed E-state index contributed by atoms with van der Waals surface area (Å²) in [7, 11) is 0. The molecule has 2 fully saturated rings. The molecule has 1 N–H and O–H groups in total. The summed E-state index contributed by atoms with van der Waals surface area (Å²) in [6.45, 7) is 2.91. The Bertz CT molecular complexity index is 1330. The smallest absolute Gasteiger partial charge is 0.264 e. The van der Waals surface area contributed by atoms with E-state index < -0.39 is 0 Å². The predicted molar refractivity (Wildman–Crippen MR) is 141 cm³/mol. The third kappa shape index (κ3) is 4.47. The van der Waals surface area contributed by atoms with E-state index in [1.807, 2.05) is 70.5 Å². The Morgan fingerprint density at radius 3 is 2.20 bits per heavy atom. The van der Waals surface area contributed by atoms with Crippen molar-refractivity contribution in [2.24, 2.45) is 0 Å². The zero-order chi connectivity index (χ0) is 23.8. The Morgan fingerprint density at radius 2 is 1.43 bits per heavy atom. The van der Waals surface area contributed by atoms with Crippen molar-refractivity contribution in [2.45, 2.75) is 18.5 Å². The van der Waals surface area contributed by atoms with Crippen LogP contribution in [0.15, 0.2) is 84.9 Å². The van der Waals surface area contributed by atoms with Crippen molar-refractivity contribution >= 4 is 33.2 Å². The van der Waals surface area contributed by atoms with Gasteiger partial charge in [-0.1, -0.05) is 60.7 Å². The largest absolute Gasteiger partial charge is 0.336 e. The molecule has 6 heteroatoms. The highest BCUT2D eigenvalue weighted by atomic mass is 32.1. The van der Waals surface area contributed by atoms with Crippen molar-refractivity contribution in [3.05, 3.63) is 95.4 Å². The number of rotatable bonds is 5. The van der Waals surface area contributed by atoms with Crippen LogP contribution in [0.1, 0.15) is 26.5 Å². The molecule has 1 atom stereocenters. The molecule has 5 nitrogen and oxygen atoms in total. The molecule has 6 rings (SSSR count). The van der Waals surface area contributed by atoms with Crippen LogP contribution in [0.5, 0.6) is 0 Å². The lowest BCUT2D eigenvalue weighted by Gasteiger charge is -2.41. The lowest BCUT2D eigenvalue weighted by molar-refractivity contribution is 0.0553. The number of nitrogens with one attached hydrogen (secondary N) is 1. The number of carbonyl (C=O) groups is 2. The Hall–Kier alpha value is -3.48. The van der Waals surface area contributed by atoms with Crippen molar-refractivity contribution < 1.29 is 9.59 Å². The highest BCUT2D eigenvalue weighted by molar-refractivity contribution is 7.20. The number of nitrogens with zero attached hydrogens (tertiary/aromatic N) is 2. The maximum absolute atomic E-state index is 13.0. The first kappa shape index (κ1) is 22.0. The van der Waals surface area contributed by atoms with E-state index in [9.17, 15) is 9.59 Å². The van der Waals surface area contributed by atoms with E-state index in [1.54, 1.807) is 11.3 Å². The SMILES string of the molecule is O=C(c1ccc(-c2ccccc2)cc1)N1CC(NC2CCN(C(=O)c3cc4ccccc4s3)C2)C1. The monoisotopic (exact) mass is 481 g/mol. The van der Waals surface area contributed by atoms with Crippen LogP contribution in [0.2, 0.25) is 0 Å². The second kappa shape index (κ2) is 9.29. The fraction of sp³-hybridized carbons (Fsp3) is 0.241. The van der Waals surface area contributed by atoms with Crippen molar-refractivity contribution in [1.29, 1.82) is 0 Å². The van der Waals surface area contributed by atoms with Gasteiger partial charge in [-0.15, -0.1) is 11.3 Å². The van der Waals surface area contributed by atoms with Crippen molar-refractivity contribution in [3.8, 4) is 11.1 Å². The van der Waals surface area contributed by atoms with Gasteiger partial charge in [0.15, 0.2) is 0 Å². The van der Waals surface area contributed by atoms with Crippen LogP contribution in [0.25, 0.3) is 21.2 Å². The van der Waals surface area contributed by atoms with E-state index in [1.165, 1.54) is 0 Å². The number of hydrogen-bond acceptors (Lipinski definition) is 4. The number of carbonyl (C=O) groups excluding carboxylic acids is 2. The van der Waals surface area contributed by atoms with E-state index in [4.69, 9.17) is 0 Å². The summed E-state index contributed by atoms with van der Waals surface area (Å²) in [6, 6.07) is 28.7. The molecule has 2 aliphatic rings. The molecule has 176 valence electrons. The first-order valence-corrected chi connectivity index (χ1v) is 12.9. The van der Waals surface area contributed by atoms with Crippen molar-refractivity contribution in [2.75, 3.05) is 26.2 Å². The van der Waals surface area contributed by atoms with Gasteiger partial charge in [0.1, 0.15) is 0 Å². The second-order valence-electron chi connectivity index (χ2n) is 9.40. The van der Waals surface area contributed by atoms with Crippen LogP contribution in [0.4, 0.5) is 0 Å². The van der Waals surface area contributed by atoms with Gasteiger partial charge < -0.3 is 15.1 Å². The van der Waals surface area contributed by atoms with Gasteiger partial charge in [0.25, 0.3) is 11.8 Å². The number of benzene rings is 3. The topological polar surface area (TPSA) is 52.7 Å². The van der Waals surface area contributed by atoms with Crippen LogP contribution in [-0.4, -0.2) is 59.9 Å². The summed E-state index contributed by atoms with van der Waals surface area (Å²) in [6.07, 6.45) is 0.946. The molecule has 4 aromatic rings. The molecular formula is C29H27N3O2S. The van der Waals surface area contributed by atoms with Gasteiger partial charge in [-0.25, -0.2) is 0 Å². The summed E-state index contributed by atoms with van der Waals surface area (Å²) in [5, 5.41) is 4.79. The number of hydrogen-bond donors (Lipinski definition) is 1. The minimum Gasteiger partial charge on any atom is -0.336 e. The van der Waals surface area contributed by atoms with Gasteiger partial charge >= 0.3 is 0 Å². The summed E-state index contributed by atoms with van der Waals surface area (Å²) >= 11 is 1.57. The number of fused-ring (bicyclic) bond motifs is 1. The average Bonchev–Trinajstić information content (AvgIpc) is 3.53. The van der Waals surface area contributed by atoms with Crippen LogP contribution in [0.3, 0.4) is 0 Å². The molecule has 0 spiro atoms. The molecule has 2 aliphatic heterocycles. The maximum atomic E-state index is 13.0. The van der Waals surface area contributed by atoms with Crippen LogP contribution in [-0.2, 0) is 0 Å².